The first-order chi connectivity index (χ1) is 7.66. The Labute approximate surface area is 98.0 Å². The second-order valence-corrected chi connectivity index (χ2v) is 4.99. The topological polar surface area (TPSA) is 21.3 Å². The van der Waals surface area contributed by atoms with E-state index in [9.17, 15) is 0 Å². The van der Waals surface area contributed by atoms with Crippen LogP contribution in [0, 0.1) is 5.92 Å². The van der Waals surface area contributed by atoms with Crippen molar-refractivity contribution < 1.29 is 4.74 Å². The van der Waals surface area contributed by atoms with Crippen molar-refractivity contribution >= 4 is 0 Å². The summed E-state index contributed by atoms with van der Waals surface area (Å²) in [6.07, 6.45) is 1.34. The molecule has 0 amide bonds. The Hall–Kier alpha value is -1.02. The number of para-hydroxylation sites is 1. The average Bonchev–Trinajstić information content (AvgIpc) is 2.68. The number of nitrogens with one attached hydrogen (secondary N) is 1. The molecular weight excluding hydrogens is 198 g/mol. The molecule has 16 heavy (non-hydrogen) atoms. The van der Waals surface area contributed by atoms with Gasteiger partial charge in [0.1, 0.15) is 11.9 Å². The molecule has 0 aromatic heterocycles. The summed E-state index contributed by atoms with van der Waals surface area (Å²) in [6, 6.07) is 8.87. The lowest BCUT2D eigenvalue weighted by Gasteiger charge is -2.20. The lowest BCUT2D eigenvalue weighted by Crippen LogP contribution is -2.38. The summed E-state index contributed by atoms with van der Waals surface area (Å²) in [4.78, 5) is 0. The van der Waals surface area contributed by atoms with Crippen molar-refractivity contribution in [2.75, 3.05) is 6.54 Å². The summed E-state index contributed by atoms with van der Waals surface area (Å²) >= 11 is 0. The first-order valence-electron chi connectivity index (χ1n) is 6.14. The number of fused-ring (bicyclic) bond motifs is 1. The molecule has 1 aromatic carbocycles. The molecule has 1 aliphatic heterocycles. The van der Waals surface area contributed by atoms with E-state index in [0.717, 1.165) is 18.7 Å². The van der Waals surface area contributed by atoms with E-state index in [1.807, 2.05) is 6.07 Å². The van der Waals surface area contributed by atoms with Crippen molar-refractivity contribution in [3.63, 3.8) is 0 Å². The van der Waals surface area contributed by atoms with Crippen molar-refractivity contribution in [1.82, 2.24) is 5.32 Å². The maximum absolute atomic E-state index is 5.87. The van der Waals surface area contributed by atoms with Gasteiger partial charge in [0, 0.05) is 19.0 Å². The van der Waals surface area contributed by atoms with Crippen molar-refractivity contribution in [1.29, 1.82) is 0 Å². The van der Waals surface area contributed by atoms with E-state index in [2.05, 4.69) is 44.3 Å². The minimum Gasteiger partial charge on any atom is -0.488 e. The van der Waals surface area contributed by atoms with Crippen LogP contribution in [-0.4, -0.2) is 18.7 Å². The summed E-state index contributed by atoms with van der Waals surface area (Å²) in [5.74, 6) is 1.73. The van der Waals surface area contributed by atoms with Gasteiger partial charge >= 0.3 is 0 Å². The number of hydrogen-bond acceptors (Lipinski definition) is 2. The molecule has 88 valence electrons. The normalized spacial score (nSPS) is 20.6. The molecule has 0 fully saturated rings. The Morgan fingerprint density at radius 2 is 2.06 bits per heavy atom. The molecule has 2 unspecified atom stereocenters. The predicted molar refractivity (Wildman–Crippen MR) is 66.9 cm³/mol. The third-order valence-electron chi connectivity index (χ3n) is 3.38. The fourth-order valence-corrected chi connectivity index (χ4v) is 1.92. The van der Waals surface area contributed by atoms with Crippen LogP contribution in [-0.2, 0) is 6.42 Å². The Balaban J connectivity index is 1.83. The molecule has 0 spiro atoms. The third kappa shape index (κ3) is 2.56. The molecule has 2 atom stereocenters. The van der Waals surface area contributed by atoms with E-state index < -0.39 is 0 Å². The summed E-state index contributed by atoms with van der Waals surface area (Å²) in [5.41, 5.74) is 1.34. The monoisotopic (exact) mass is 219 g/mol. The standard InChI is InChI=1S/C14H21NO/c1-10(2)11(3)15-9-13-8-12-6-4-5-7-14(12)16-13/h4-7,10-11,13,15H,8-9H2,1-3H3. The molecule has 2 rings (SSSR count). The molecule has 2 heteroatoms. The molecule has 1 aliphatic rings. The Morgan fingerprint density at radius 1 is 1.31 bits per heavy atom. The lowest BCUT2D eigenvalue weighted by atomic mass is 10.1. The van der Waals surface area contributed by atoms with Crippen LogP contribution >= 0.6 is 0 Å². The Kier molecular flexibility index (Phi) is 3.49. The van der Waals surface area contributed by atoms with E-state index in [-0.39, 0.29) is 0 Å². The molecule has 1 aromatic rings. The van der Waals surface area contributed by atoms with Crippen molar-refractivity contribution in [2.45, 2.75) is 39.3 Å². The van der Waals surface area contributed by atoms with Crippen LogP contribution in [0.3, 0.4) is 0 Å². The first kappa shape index (κ1) is 11.5. The second-order valence-electron chi connectivity index (χ2n) is 4.99. The van der Waals surface area contributed by atoms with E-state index in [1.165, 1.54) is 5.56 Å². The highest BCUT2D eigenvalue weighted by atomic mass is 16.5. The third-order valence-corrected chi connectivity index (χ3v) is 3.38. The van der Waals surface area contributed by atoms with Crippen LogP contribution in [0.4, 0.5) is 0 Å². The largest absolute Gasteiger partial charge is 0.488 e. The van der Waals surface area contributed by atoms with Gasteiger partial charge in [-0.3, -0.25) is 0 Å². The predicted octanol–water partition coefficient (Wildman–Crippen LogP) is 2.62. The Bertz CT molecular complexity index is 323. The number of rotatable bonds is 4. The fraction of sp³-hybridized carbons (Fsp3) is 0.571. The zero-order valence-corrected chi connectivity index (χ0v) is 10.4. The quantitative estimate of drug-likeness (QED) is 0.840. The van der Waals surface area contributed by atoms with Crippen LogP contribution in [0.1, 0.15) is 26.3 Å². The van der Waals surface area contributed by atoms with Gasteiger partial charge in [-0.2, -0.15) is 0 Å². The van der Waals surface area contributed by atoms with Gasteiger partial charge in [-0.25, -0.2) is 0 Å². The summed E-state index contributed by atoms with van der Waals surface area (Å²) in [5, 5.41) is 3.53. The highest BCUT2D eigenvalue weighted by Gasteiger charge is 2.22. The van der Waals surface area contributed by atoms with Gasteiger partial charge in [0.15, 0.2) is 0 Å². The minimum absolute atomic E-state index is 0.304. The van der Waals surface area contributed by atoms with Crippen LogP contribution in [0.25, 0.3) is 0 Å². The highest BCUT2D eigenvalue weighted by Crippen LogP contribution is 2.27. The molecular formula is C14H21NO. The van der Waals surface area contributed by atoms with Crippen LogP contribution in [0.5, 0.6) is 5.75 Å². The van der Waals surface area contributed by atoms with Crippen molar-refractivity contribution in [2.24, 2.45) is 5.92 Å². The summed E-state index contributed by atoms with van der Waals surface area (Å²) < 4.78 is 5.87. The molecule has 0 bridgehead atoms. The first-order valence-corrected chi connectivity index (χ1v) is 6.14. The van der Waals surface area contributed by atoms with Gasteiger partial charge in [-0.1, -0.05) is 32.0 Å². The second kappa shape index (κ2) is 4.88. The number of ether oxygens (including phenoxy) is 1. The zero-order chi connectivity index (χ0) is 11.5. The van der Waals surface area contributed by atoms with Crippen LogP contribution in [0.2, 0.25) is 0 Å². The van der Waals surface area contributed by atoms with Crippen LogP contribution in [0.15, 0.2) is 24.3 Å². The van der Waals surface area contributed by atoms with E-state index in [1.54, 1.807) is 0 Å². The lowest BCUT2D eigenvalue weighted by molar-refractivity contribution is 0.217. The molecule has 0 aliphatic carbocycles. The van der Waals surface area contributed by atoms with Gasteiger partial charge in [-0.05, 0) is 24.5 Å². The van der Waals surface area contributed by atoms with Gasteiger partial charge in [0.2, 0.25) is 0 Å². The summed E-state index contributed by atoms with van der Waals surface area (Å²) in [7, 11) is 0. The van der Waals surface area contributed by atoms with Crippen LogP contribution < -0.4 is 10.1 Å². The molecule has 1 N–H and O–H groups in total. The maximum atomic E-state index is 5.87. The molecule has 1 heterocycles. The van der Waals surface area contributed by atoms with E-state index in [4.69, 9.17) is 4.74 Å². The zero-order valence-electron chi connectivity index (χ0n) is 10.4. The molecule has 2 nitrogen and oxygen atoms in total. The SMILES string of the molecule is CC(C)C(C)NCC1Cc2ccccc2O1. The maximum Gasteiger partial charge on any atom is 0.123 e. The average molecular weight is 219 g/mol. The fourth-order valence-electron chi connectivity index (χ4n) is 1.92. The molecule has 0 saturated carbocycles. The molecule has 0 saturated heterocycles. The summed E-state index contributed by atoms with van der Waals surface area (Å²) in [6.45, 7) is 7.64. The van der Waals surface area contributed by atoms with Crippen molar-refractivity contribution in [3.05, 3.63) is 29.8 Å². The van der Waals surface area contributed by atoms with Crippen molar-refractivity contribution in [3.8, 4) is 5.75 Å². The molecule has 0 radical (unpaired) electrons. The highest BCUT2D eigenvalue weighted by molar-refractivity contribution is 5.37. The van der Waals surface area contributed by atoms with E-state index in [0.29, 0.717) is 18.1 Å². The minimum atomic E-state index is 0.304. The van der Waals surface area contributed by atoms with Gasteiger partial charge < -0.3 is 10.1 Å². The Morgan fingerprint density at radius 3 is 2.75 bits per heavy atom. The van der Waals surface area contributed by atoms with Gasteiger partial charge in [0.25, 0.3) is 0 Å². The number of benzene rings is 1. The van der Waals surface area contributed by atoms with Gasteiger partial charge in [0.05, 0.1) is 0 Å². The smallest absolute Gasteiger partial charge is 0.123 e. The number of hydrogen-bond donors (Lipinski definition) is 1. The van der Waals surface area contributed by atoms with Gasteiger partial charge in [-0.15, -0.1) is 0 Å². The van der Waals surface area contributed by atoms with E-state index >= 15 is 0 Å².